The summed E-state index contributed by atoms with van der Waals surface area (Å²) in [7, 11) is 5.18. The van der Waals surface area contributed by atoms with E-state index >= 15 is 0 Å². The quantitative estimate of drug-likeness (QED) is 0.608. The molecule has 3 heterocycles. The second-order valence-corrected chi connectivity index (χ2v) is 6.57. The lowest BCUT2D eigenvalue weighted by Gasteiger charge is -2.35. The summed E-state index contributed by atoms with van der Waals surface area (Å²) in [5, 5.41) is 6.38. The number of nitrogens with one attached hydrogen (secondary N) is 3. The first-order chi connectivity index (χ1) is 12.5. The summed E-state index contributed by atoms with van der Waals surface area (Å²) in [5.74, 6) is 1.75. The molecule has 1 saturated carbocycles. The number of aryl methyl sites for hydroxylation is 2. The van der Waals surface area contributed by atoms with Crippen molar-refractivity contribution in [2.24, 2.45) is 14.1 Å². The third-order valence-electron chi connectivity index (χ3n) is 4.97. The first-order valence-electron chi connectivity index (χ1n) is 8.40. The molecule has 0 spiro atoms. The number of rotatable bonds is 4. The number of aromatic amines is 1. The fourth-order valence-corrected chi connectivity index (χ4v) is 3.33. The molecule has 0 aliphatic heterocycles. The van der Waals surface area contributed by atoms with Crippen LogP contribution in [0.4, 0.5) is 11.8 Å². The van der Waals surface area contributed by atoms with Gasteiger partial charge >= 0.3 is 5.69 Å². The summed E-state index contributed by atoms with van der Waals surface area (Å²) in [5.41, 5.74) is 0.860. The molecule has 0 unspecified atom stereocenters. The Kier molecular flexibility index (Phi) is 3.74. The molecule has 0 aromatic carbocycles. The predicted octanol–water partition coefficient (Wildman–Crippen LogP) is 0.150. The molecule has 3 N–H and O–H groups in total. The van der Waals surface area contributed by atoms with Crippen LogP contribution in [0.3, 0.4) is 0 Å². The molecule has 3 aromatic heterocycles. The number of anilines is 2. The van der Waals surface area contributed by atoms with Gasteiger partial charge in [0, 0.05) is 44.9 Å². The summed E-state index contributed by atoms with van der Waals surface area (Å²) in [6.07, 6.45) is 3.40. The van der Waals surface area contributed by atoms with Crippen LogP contribution < -0.4 is 21.9 Å². The number of hydrogen-bond acceptors (Lipinski definition) is 7. The zero-order chi connectivity index (χ0) is 18.4. The van der Waals surface area contributed by atoms with Crippen molar-refractivity contribution in [2.45, 2.75) is 24.8 Å². The number of aromatic nitrogens is 6. The second-order valence-electron chi connectivity index (χ2n) is 6.57. The fraction of sp³-hybridized carbons (Fsp3) is 0.438. The highest BCUT2D eigenvalue weighted by atomic mass is 16.2. The van der Waals surface area contributed by atoms with Gasteiger partial charge in [-0.2, -0.15) is 4.98 Å². The maximum absolute atomic E-state index is 12.1. The zero-order valence-corrected chi connectivity index (χ0v) is 14.8. The molecule has 26 heavy (non-hydrogen) atoms. The Morgan fingerprint density at radius 2 is 1.96 bits per heavy atom. The lowest BCUT2D eigenvalue weighted by atomic mass is 9.78. The normalized spacial score (nSPS) is 19.3. The average Bonchev–Trinajstić information content (AvgIpc) is 2.93. The van der Waals surface area contributed by atoms with E-state index in [-0.39, 0.29) is 6.04 Å². The van der Waals surface area contributed by atoms with Gasteiger partial charge < -0.3 is 15.2 Å². The first-order valence-corrected chi connectivity index (χ1v) is 8.40. The maximum atomic E-state index is 12.1. The highest BCUT2D eigenvalue weighted by Gasteiger charge is 2.32. The SMILES string of the molecule is CNc1cc(C2CC(Nc3nc4c(c(=O)[nH]c(=O)n4C)n3C)C2)ncn1. The van der Waals surface area contributed by atoms with E-state index in [0.717, 1.165) is 24.4 Å². The molecule has 0 radical (unpaired) electrons. The minimum Gasteiger partial charge on any atom is -0.373 e. The Labute approximate surface area is 148 Å². The monoisotopic (exact) mass is 356 g/mol. The van der Waals surface area contributed by atoms with Crippen molar-refractivity contribution >= 4 is 22.9 Å². The van der Waals surface area contributed by atoms with Crippen molar-refractivity contribution in [1.82, 2.24) is 29.1 Å². The average molecular weight is 356 g/mol. The Balaban J connectivity index is 1.54. The Bertz CT molecular complexity index is 1090. The molecule has 0 atom stereocenters. The van der Waals surface area contributed by atoms with Crippen LogP contribution in [0.5, 0.6) is 0 Å². The molecule has 136 valence electrons. The number of imidazole rings is 1. The van der Waals surface area contributed by atoms with Gasteiger partial charge in [0.15, 0.2) is 11.2 Å². The molecule has 0 amide bonds. The molecule has 4 rings (SSSR count). The number of hydrogen-bond donors (Lipinski definition) is 3. The lowest BCUT2D eigenvalue weighted by Crippen LogP contribution is -2.35. The van der Waals surface area contributed by atoms with Gasteiger partial charge in [-0.05, 0) is 12.8 Å². The van der Waals surface area contributed by atoms with Crippen molar-refractivity contribution in [3.8, 4) is 0 Å². The highest BCUT2D eigenvalue weighted by Crippen LogP contribution is 2.37. The molecule has 3 aromatic rings. The molecular formula is C16H20N8O2. The summed E-state index contributed by atoms with van der Waals surface area (Å²) in [6.45, 7) is 0. The smallest absolute Gasteiger partial charge is 0.329 e. The van der Waals surface area contributed by atoms with Gasteiger partial charge in [-0.25, -0.2) is 14.8 Å². The number of nitrogens with zero attached hydrogens (tertiary/aromatic N) is 5. The van der Waals surface area contributed by atoms with Crippen molar-refractivity contribution < 1.29 is 0 Å². The fourth-order valence-electron chi connectivity index (χ4n) is 3.33. The summed E-state index contributed by atoms with van der Waals surface area (Å²) < 4.78 is 3.02. The van der Waals surface area contributed by atoms with Crippen LogP contribution in [-0.2, 0) is 14.1 Å². The van der Waals surface area contributed by atoms with Crippen LogP contribution in [0.1, 0.15) is 24.5 Å². The van der Waals surface area contributed by atoms with Gasteiger partial charge in [-0.3, -0.25) is 14.3 Å². The third kappa shape index (κ3) is 2.54. The van der Waals surface area contributed by atoms with E-state index in [0.29, 0.717) is 23.0 Å². The van der Waals surface area contributed by atoms with Crippen LogP contribution >= 0.6 is 0 Å². The van der Waals surface area contributed by atoms with Gasteiger partial charge in [0.2, 0.25) is 5.95 Å². The molecule has 0 saturated heterocycles. The standard InChI is InChI=1S/C16H20N8O2/c1-17-11-6-10(18-7-19-11)8-4-9(5-8)20-15-21-13-12(23(15)2)14(25)22-16(26)24(13)3/h6-9H,4-5H2,1-3H3,(H,20,21)(H,17,18,19)(H,22,25,26). The third-order valence-corrected chi connectivity index (χ3v) is 4.97. The molecule has 10 heteroatoms. The Morgan fingerprint density at radius 1 is 1.19 bits per heavy atom. The van der Waals surface area contributed by atoms with Crippen LogP contribution in [0, 0.1) is 0 Å². The second kappa shape index (κ2) is 5.97. The van der Waals surface area contributed by atoms with E-state index in [1.165, 1.54) is 4.57 Å². The molecule has 10 nitrogen and oxygen atoms in total. The topological polar surface area (TPSA) is 123 Å². The van der Waals surface area contributed by atoms with E-state index < -0.39 is 11.2 Å². The summed E-state index contributed by atoms with van der Waals surface area (Å²) in [6, 6.07) is 2.20. The first kappa shape index (κ1) is 16.3. The number of fused-ring (bicyclic) bond motifs is 1. The van der Waals surface area contributed by atoms with Crippen LogP contribution in [0.25, 0.3) is 11.2 Å². The zero-order valence-electron chi connectivity index (χ0n) is 14.8. The molecule has 1 aliphatic carbocycles. The largest absolute Gasteiger partial charge is 0.373 e. The maximum Gasteiger partial charge on any atom is 0.329 e. The van der Waals surface area contributed by atoms with E-state index in [1.807, 2.05) is 13.1 Å². The van der Waals surface area contributed by atoms with Gasteiger partial charge in [-0.15, -0.1) is 0 Å². The van der Waals surface area contributed by atoms with Crippen LogP contribution in [0.2, 0.25) is 0 Å². The summed E-state index contributed by atoms with van der Waals surface area (Å²) in [4.78, 5) is 39.0. The predicted molar refractivity (Wildman–Crippen MR) is 97.5 cm³/mol. The minimum atomic E-state index is -0.472. The number of H-pyrrole nitrogens is 1. The van der Waals surface area contributed by atoms with Gasteiger partial charge in [0.1, 0.15) is 12.1 Å². The van der Waals surface area contributed by atoms with Gasteiger partial charge in [0.05, 0.1) is 0 Å². The van der Waals surface area contributed by atoms with Crippen molar-refractivity contribution in [2.75, 3.05) is 17.7 Å². The molecule has 1 aliphatic rings. The molecule has 0 bridgehead atoms. The van der Waals surface area contributed by atoms with E-state index in [4.69, 9.17) is 0 Å². The molecular weight excluding hydrogens is 336 g/mol. The van der Waals surface area contributed by atoms with E-state index in [9.17, 15) is 9.59 Å². The minimum absolute atomic E-state index is 0.236. The van der Waals surface area contributed by atoms with Crippen molar-refractivity contribution in [3.63, 3.8) is 0 Å². The van der Waals surface area contributed by atoms with Gasteiger partial charge in [0.25, 0.3) is 5.56 Å². The Hall–Kier alpha value is -3.17. The van der Waals surface area contributed by atoms with Crippen LogP contribution in [-0.4, -0.2) is 42.2 Å². The van der Waals surface area contributed by atoms with Crippen molar-refractivity contribution in [3.05, 3.63) is 38.9 Å². The highest BCUT2D eigenvalue weighted by molar-refractivity contribution is 5.74. The van der Waals surface area contributed by atoms with Gasteiger partial charge in [-0.1, -0.05) is 0 Å². The van der Waals surface area contributed by atoms with E-state index in [1.54, 1.807) is 25.0 Å². The van der Waals surface area contributed by atoms with E-state index in [2.05, 4.69) is 30.6 Å². The summed E-state index contributed by atoms with van der Waals surface area (Å²) >= 11 is 0. The molecule has 1 fully saturated rings. The Morgan fingerprint density at radius 3 is 2.69 bits per heavy atom. The van der Waals surface area contributed by atoms with Crippen LogP contribution in [0.15, 0.2) is 22.0 Å². The van der Waals surface area contributed by atoms with Crippen molar-refractivity contribution in [1.29, 1.82) is 0 Å². The lowest BCUT2D eigenvalue weighted by molar-refractivity contribution is 0.365.